The molecule has 0 saturated heterocycles. The summed E-state index contributed by atoms with van der Waals surface area (Å²) >= 11 is 5.40. The van der Waals surface area contributed by atoms with Gasteiger partial charge in [0.15, 0.2) is 16.6 Å². The highest BCUT2D eigenvalue weighted by atomic mass is 32.1. The molecule has 28 heavy (non-hydrogen) atoms. The second-order valence-electron chi connectivity index (χ2n) is 7.82. The first-order valence-corrected chi connectivity index (χ1v) is 10.1. The largest absolute Gasteiger partial charge is 0.493 e. The molecular weight excluding hydrogens is 368 g/mol. The molecule has 0 saturated carbocycles. The van der Waals surface area contributed by atoms with Crippen LogP contribution in [0, 0.1) is 0 Å². The van der Waals surface area contributed by atoms with Crippen molar-refractivity contribution in [1.29, 1.82) is 0 Å². The summed E-state index contributed by atoms with van der Waals surface area (Å²) in [5.74, 6) is 1.51. The van der Waals surface area contributed by atoms with Gasteiger partial charge in [-0.2, -0.15) is 0 Å². The van der Waals surface area contributed by atoms with Crippen molar-refractivity contribution in [1.82, 2.24) is 10.6 Å². The minimum atomic E-state index is 0.168. The predicted octanol–water partition coefficient (Wildman–Crippen LogP) is 4.95. The number of benzene rings is 2. The van der Waals surface area contributed by atoms with Gasteiger partial charge in [-0.15, -0.1) is 0 Å². The maximum absolute atomic E-state index is 5.69. The third-order valence-corrected chi connectivity index (χ3v) is 4.70. The van der Waals surface area contributed by atoms with Gasteiger partial charge in [0.05, 0.1) is 13.7 Å². The second-order valence-corrected chi connectivity index (χ2v) is 8.23. The van der Waals surface area contributed by atoms with E-state index in [4.69, 9.17) is 21.7 Å². The number of rotatable bonds is 8. The lowest BCUT2D eigenvalue weighted by Gasteiger charge is -2.19. The molecule has 0 heterocycles. The van der Waals surface area contributed by atoms with Crippen molar-refractivity contribution in [2.75, 3.05) is 13.7 Å². The summed E-state index contributed by atoms with van der Waals surface area (Å²) in [4.78, 5) is 0. The lowest BCUT2D eigenvalue weighted by molar-refractivity contribution is 0.294. The van der Waals surface area contributed by atoms with E-state index in [1.54, 1.807) is 7.11 Å². The molecule has 0 bridgehead atoms. The van der Waals surface area contributed by atoms with E-state index in [0.717, 1.165) is 23.5 Å². The Morgan fingerprint density at radius 3 is 2.11 bits per heavy atom. The van der Waals surface area contributed by atoms with E-state index in [1.165, 1.54) is 11.1 Å². The van der Waals surface area contributed by atoms with E-state index in [9.17, 15) is 0 Å². The molecule has 0 spiro atoms. The first-order chi connectivity index (χ1) is 13.3. The first kappa shape index (κ1) is 22.0. The normalized spacial score (nSPS) is 11.0. The van der Waals surface area contributed by atoms with Crippen molar-refractivity contribution in [3.8, 4) is 11.5 Å². The summed E-state index contributed by atoms with van der Waals surface area (Å²) in [6.07, 6.45) is 0.964. The standard InChI is InChI=1S/C23H32N2O2S/c1-6-13-27-20-12-9-18(14-21(20)26-5)16-25-22(28)24-15-17-7-10-19(11-8-17)23(2,3)4/h7-12,14H,6,13,15-16H2,1-5H3,(H2,24,25,28). The highest BCUT2D eigenvalue weighted by molar-refractivity contribution is 7.80. The summed E-state index contributed by atoms with van der Waals surface area (Å²) in [6, 6.07) is 14.6. The average Bonchev–Trinajstić information content (AvgIpc) is 2.69. The van der Waals surface area contributed by atoms with Gasteiger partial charge in [0.1, 0.15) is 0 Å². The van der Waals surface area contributed by atoms with Crippen LogP contribution in [0.15, 0.2) is 42.5 Å². The fourth-order valence-electron chi connectivity index (χ4n) is 2.70. The maximum Gasteiger partial charge on any atom is 0.166 e. The van der Waals surface area contributed by atoms with Crippen molar-refractivity contribution < 1.29 is 9.47 Å². The Balaban J connectivity index is 1.83. The van der Waals surface area contributed by atoms with E-state index >= 15 is 0 Å². The van der Waals surface area contributed by atoms with Gasteiger partial charge in [-0.1, -0.05) is 58.0 Å². The third kappa shape index (κ3) is 6.71. The molecule has 0 atom stereocenters. The number of hydrogen-bond donors (Lipinski definition) is 2. The van der Waals surface area contributed by atoms with Gasteiger partial charge in [0, 0.05) is 13.1 Å². The molecule has 0 aliphatic heterocycles. The highest BCUT2D eigenvalue weighted by Crippen LogP contribution is 2.28. The monoisotopic (exact) mass is 400 g/mol. The first-order valence-electron chi connectivity index (χ1n) is 9.74. The number of nitrogens with one attached hydrogen (secondary N) is 2. The number of thiocarbonyl (C=S) groups is 1. The molecule has 2 aromatic rings. The Morgan fingerprint density at radius 1 is 0.929 bits per heavy atom. The van der Waals surface area contributed by atoms with E-state index in [1.807, 2.05) is 18.2 Å². The zero-order chi connectivity index (χ0) is 20.6. The summed E-state index contributed by atoms with van der Waals surface area (Å²) in [6.45, 7) is 10.7. The topological polar surface area (TPSA) is 42.5 Å². The van der Waals surface area contributed by atoms with Crippen LogP contribution in [0.4, 0.5) is 0 Å². The molecule has 152 valence electrons. The molecule has 2 rings (SSSR count). The second kappa shape index (κ2) is 10.3. The van der Waals surface area contributed by atoms with Crippen molar-refractivity contribution in [3.63, 3.8) is 0 Å². The summed E-state index contributed by atoms with van der Waals surface area (Å²) in [7, 11) is 1.66. The van der Waals surface area contributed by atoms with Gasteiger partial charge in [0.25, 0.3) is 0 Å². The minimum Gasteiger partial charge on any atom is -0.493 e. The minimum absolute atomic E-state index is 0.168. The summed E-state index contributed by atoms with van der Waals surface area (Å²) in [5, 5.41) is 7.13. The van der Waals surface area contributed by atoms with E-state index < -0.39 is 0 Å². The molecule has 0 fully saturated rings. The molecule has 2 N–H and O–H groups in total. The predicted molar refractivity (Wildman–Crippen MR) is 120 cm³/mol. The van der Waals surface area contributed by atoms with Crippen LogP contribution >= 0.6 is 12.2 Å². The highest BCUT2D eigenvalue weighted by Gasteiger charge is 2.12. The Bertz CT molecular complexity index is 767. The lowest BCUT2D eigenvalue weighted by Crippen LogP contribution is -2.34. The zero-order valence-electron chi connectivity index (χ0n) is 17.6. The Kier molecular flexibility index (Phi) is 8.12. The zero-order valence-corrected chi connectivity index (χ0v) is 18.4. The smallest absolute Gasteiger partial charge is 0.166 e. The third-order valence-electron chi connectivity index (χ3n) is 4.42. The molecule has 5 heteroatoms. The Labute approximate surface area is 174 Å². The molecule has 2 aromatic carbocycles. The van der Waals surface area contributed by atoms with E-state index in [0.29, 0.717) is 24.8 Å². The number of hydrogen-bond acceptors (Lipinski definition) is 3. The SMILES string of the molecule is CCCOc1ccc(CNC(=S)NCc2ccc(C(C)(C)C)cc2)cc1OC. The van der Waals surface area contributed by atoms with Crippen LogP contribution in [0.2, 0.25) is 0 Å². The summed E-state index contributed by atoms with van der Waals surface area (Å²) < 4.78 is 11.1. The van der Waals surface area contributed by atoms with Gasteiger partial charge < -0.3 is 20.1 Å². The van der Waals surface area contributed by atoms with Crippen LogP contribution in [0.3, 0.4) is 0 Å². The molecule has 0 aliphatic rings. The Hall–Kier alpha value is -2.27. The maximum atomic E-state index is 5.69. The van der Waals surface area contributed by atoms with Gasteiger partial charge >= 0.3 is 0 Å². The number of methoxy groups -OCH3 is 1. The van der Waals surface area contributed by atoms with Crippen LogP contribution in [0.25, 0.3) is 0 Å². The van der Waals surface area contributed by atoms with Crippen molar-refractivity contribution in [2.45, 2.75) is 52.6 Å². The van der Waals surface area contributed by atoms with Crippen molar-refractivity contribution in [2.24, 2.45) is 0 Å². The Morgan fingerprint density at radius 2 is 1.54 bits per heavy atom. The van der Waals surface area contributed by atoms with Crippen LogP contribution < -0.4 is 20.1 Å². The molecule has 0 aromatic heterocycles. The van der Waals surface area contributed by atoms with Crippen LogP contribution in [0.5, 0.6) is 11.5 Å². The van der Waals surface area contributed by atoms with Crippen LogP contribution in [-0.2, 0) is 18.5 Å². The van der Waals surface area contributed by atoms with Gasteiger partial charge in [-0.05, 0) is 52.9 Å². The quantitative estimate of drug-likeness (QED) is 0.614. The molecule has 0 radical (unpaired) electrons. The fourth-order valence-corrected chi connectivity index (χ4v) is 2.85. The molecular formula is C23H32N2O2S. The number of ether oxygens (including phenoxy) is 2. The molecule has 0 unspecified atom stereocenters. The lowest BCUT2D eigenvalue weighted by atomic mass is 9.87. The summed E-state index contributed by atoms with van der Waals surface area (Å²) in [5.41, 5.74) is 3.79. The van der Waals surface area contributed by atoms with E-state index in [2.05, 4.69) is 62.6 Å². The van der Waals surface area contributed by atoms with Crippen molar-refractivity contribution >= 4 is 17.3 Å². The van der Waals surface area contributed by atoms with Crippen molar-refractivity contribution in [3.05, 3.63) is 59.2 Å². The molecule has 4 nitrogen and oxygen atoms in total. The molecule has 0 aliphatic carbocycles. The van der Waals surface area contributed by atoms with Gasteiger partial charge in [-0.3, -0.25) is 0 Å². The van der Waals surface area contributed by atoms with Crippen LogP contribution in [-0.4, -0.2) is 18.8 Å². The van der Waals surface area contributed by atoms with Gasteiger partial charge in [-0.25, -0.2) is 0 Å². The van der Waals surface area contributed by atoms with Gasteiger partial charge in [0.2, 0.25) is 0 Å². The average molecular weight is 401 g/mol. The fraction of sp³-hybridized carbons (Fsp3) is 0.435. The van der Waals surface area contributed by atoms with E-state index in [-0.39, 0.29) is 5.41 Å². The van der Waals surface area contributed by atoms with Crippen LogP contribution in [0.1, 0.15) is 50.8 Å². The molecule has 0 amide bonds.